The van der Waals surface area contributed by atoms with Crippen molar-refractivity contribution in [2.75, 3.05) is 6.54 Å². The van der Waals surface area contributed by atoms with Gasteiger partial charge < -0.3 is 4.57 Å². The molecule has 0 unspecified atom stereocenters. The van der Waals surface area contributed by atoms with E-state index in [2.05, 4.69) is 22.7 Å². The van der Waals surface area contributed by atoms with Crippen LogP contribution in [0.25, 0.3) is 10.9 Å². The van der Waals surface area contributed by atoms with E-state index in [9.17, 15) is 4.79 Å². The lowest BCUT2D eigenvalue weighted by Gasteiger charge is -2.15. The number of ketones is 1. The Hall–Kier alpha value is -1.90. The van der Waals surface area contributed by atoms with Gasteiger partial charge in [0.1, 0.15) is 6.54 Å². The number of nitrogens with zero attached hydrogens (tertiary/aromatic N) is 2. The van der Waals surface area contributed by atoms with Crippen LogP contribution in [-0.2, 0) is 13.5 Å². The lowest BCUT2D eigenvalue weighted by Crippen LogP contribution is -2.13. The summed E-state index contributed by atoms with van der Waals surface area (Å²) in [5, 5.41) is 1.14. The molecule has 0 spiro atoms. The number of rotatable bonds is 0. The Balaban J connectivity index is 2.26. The molecule has 0 saturated carbocycles. The smallest absolute Gasteiger partial charge is 0.184 e. The second kappa shape index (κ2) is 3.31. The van der Waals surface area contributed by atoms with Crippen LogP contribution in [0.3, 0.4) is 0 Å². The van der Waals surface area contributed by atoms with E-state index in [1.165, 1.54) is 16.8 Å². The van der Waals surface area contributed by atoms with Gasteiger partial charge in [-0.15, -0.1) is 0 Å². The first-order valence-electron chi connectivity index (χ1n) is 6.44. The SMILES string of the molecule is Cn1c2c3c4c(cccc41)C(=O)CN=C3CCC2. The highest BCUT2D eigenvalue weighted by molar-refractivity contribution is 6.22. The highest BCUT2D eigenvalue weighted by atomic mass is 16.1. The van der Waals surface area contributed by atoms with E-state index in [-0.39, 0.29) is 5.78 Å². The molecule has 3 heteroatoms. The summed E-state index contributed by atoms with van der Waals surface area (Å²) in [5.74, 6) is 0.149. The van der Waals surface area contributed by atoms with E-state index in [1.54, 1.807) is 0 Å². The molecule has 1 aliphatic carbocycles. The number of Topliss-reactive ketones (excluding diaryl/α,β-unsaturated/α-hetero) is 1. The highest BCUT2D eigenvalue weighted by Crippen LogP contribution is 2.35. The number of carbonyl (C=O) groups is 1. The fourth-order valence-electron chi connectivity index (χ4n) is 3.33. The van der Waals surface area contributed by atoms with Crippen molar-refractivity contribution in [1.82, 2.24) is 4.57 Å². The first kappa shape index (κ1) is 10.1. The van der Waals surface area contributed by atoms with Crippen molar-refractivity contribution in [1.29, 1.82) is 0 Å². The highest BCUT2D eigenvalue weighted by Gasteiger charge is 2.28. The van der Waals surface area contributed by atoms with Crippen LogP contribution in [0.5, 0.6) is 0 Å². The summed E-state index contributed by atoms with van der Waals surface area (Å²) < 4.78 is 2.24. The maximum Gasteiger partial charge on any atom is 0.184 e. The van der Waals surface area contributed by atoms with Gasteiger partial charge in [-0.25, -0.2) is 0 Å². The first-order valence-corrected chi connectivity index (χ1v) is 6.44. The molecule has 3 nitrogen and oxygen atoms in total. The van der Waals surface area contributed by atoms with Gasteiger partial charge in [0.15, 0.2) is 5.78 Å². The number of carbonyl (C=O) groups excluding carboxylic acids is 1. The van der Waals surface area contributed by atoms with Gasteiger partial charge in [-0.05, 0) is 25.3 Å². The molecule has 18 heavy (non-hydrogen) atoms. The molecule has 4 rings (SSSR count). The summed E-state index contributed by atoms with van der Waals surface area (Å²) in [6.45, 7) is 0.312. The first-order chi connectivity index (χ1) is 8.77. The number of aliphatic imine (C=N–C) groups is 1. The normalized spacial score (nSPS) is 17.8. The molecule has 1 aromatic heterocycles. The van der Waals surface area contributed by atoms with E-state index < -0.39 is 0 Å². The lowest BCUT2D eigenvalue weighted by molar-refractivity contribution is 0.100. The molecule has 0 atom stereocenters. The Morgan fingerprint density at radius 3 is 3.06 bits per heavy atom. The van der Waals surface area contributed by atoms with Crippen molar-refractivity contribution in [3.8, 4) is 0 Å². The third-order valence-corrected chi connectivity index (χ3v) is 4.18. The van der Waals surface area contributed by atoms with Crippen molar-refractivity contribution < 1.29 is 4.79 Å². The molecule has 0 bridgehead atoms. The summed E-state index contributed by atoms with van der Waals surface area (Å²) in [6, 6.07) is 6.03. The number of hydrogen-bond acceptors (Lipinski definition) is 2. The minimum atomic E-state index is 0.149. The zero-order valence-electron chi connectivity index (χ0n) is 10.4. The monoisotopic (exact) mass is 238 g/mol. The number of aromatic nitrogens is 1. The van der Waals surface area contributed by atoms with E-state index in [0.717, 1.165) is 35.9 Å². The number of hydrogen-bond donors (Lipinski definition) is 0. The molecule has 0 N–H and O–H groups in total. The fourth-order valence-corrected chi connectivity index (χ4v) is 3.33. The zero-order chi connectivity index (χ0) is 12.3. The van der Waals surface area contributed by atoms with Gasteiger partial charge in [0.25, 0.3) is 0 Å². The van der Waals surface area contributed by atoms with E-state index in [1.807, 2.05) is 12.1 Å². The number of aryl methyl sites for hydroxylation is 1. The van der Waals surface area contributed by atoms with E-state index >= 15 is 0 Å². The van der Waals surface area contributed by atoms with Crippen LogP contribution in [0, 0.1) is 0 Å². The summed E-state index contributed by atoms with van der Waals surface area (Å²) in [7, 11) is 2.10. The standard InChI is InChI=1S/C15H14N2O/c1-17-11-6-2-4-9-13(18)8-16-10-5-3-7-12(17)15(10)14(9)11/h2,4,6H,3,5,7-8H2,1H3. The summed E-state index contributed by atoms with van der Waals surface area (Å²) in [4.78, 5) is 16.7. The second-order valence-electron chi connectivity index (χ2n) is 5.12. The maximum absolute atomic E-state index is 12.2. The molecule has 2 aromatic rings. The van der Waals surface area contributed by atoms with Gasteiger partial charge in [0.2, 0.25) is 0 Å². The summed E-state index contributed by atoms with van der Waals surface area (Å²) in [5.41, 5.74) is 5.75. The van der Waals surface area contributed by atoms with Gasteiger partial charge in [0.05, 0.1) is 0 Å². The van der Waals surface area contributed by atoms with Crippen LogP contribution in [0.15, 0.2) is 23.2 Å². The molecule has 2 aliphatic rings. The maximum atomic E-state index is 12.2. The Morgan fingerprint density at radius 1 is 1.28 bits per heavy atom. The van der Waals surface area contributed by atoms with Gasteiger partial charge in [-0.1, -0.05) is 12.1 Å². The van der Waals surface area contributed by atoms with Gasteiger partial charge in [0, 0.05) is 40.5 Å². The molecular formula is C15H14N2O. The quantitative estimate of drug-likeness (QED) is 0.694. The van der Waals surface area contributed by atoms with Crippen molar-refractivity contribution in [3.05, 3.63) is 35.0 Å². The third-order valence-electron chi connectivity index (χ3n) is 4.18. The molecule has 2 heterocycles. The average Bonchev–Trinajstić information content (AvgIpc) is 2.61. The molecule has 0 amide bonds. The topological polar surface area (TPSA) is 34.4 Å². The van der Waals surface area contributed by atoms with E-state index in [0.29, 0.717) is 6.54 Å². The Labute approximate surface area is 105 Å². The summed E-state index contributed by atoms with van der Waals surface area (Å²) in [6.07, 6.45) is 3.24. The minimum Gasteiger partial charge on any atom is -0.347 e. The molecular weight excluding hydrogens is 224 g/mol. The van der Waals surface area contributed by atoms with Gasteiger partial charge >= 0.3 is 0 Å². The van der Waals surface area contributed by atoms with Crippen molar-refractivity contribution in [2.45, 2.75) is 19.3 Å². The van der Waals surface area contributed by atoms with Crippen molar-refractivity contribution >= 4 is 22.4 Å². The van der Waals surface area contributed by atoms with Crippen LogP contribution in [0.4, 0.5) is 0 Å². The molecule has 0 radical (unpaired) electrons. The largest absolute Gasteiger partial charge is 0.347 e. The van der Waals surface area contributed by atoms with Crippen molar-refractivity contribution in [3.63, 3.8) is 0 Å². The predicted octanol–water partition coefficient (Wildman–Crippen LogP) is 2.50. The average molecular weight is 238 g/mol. The van der Waals surface area contributed by atoms with Crippen LogP contribution < -0.4 is 0 Å². The zero-order valence-corrected chi connectivity index (χ0v) is 10.4. The fraction of sp³-hybridized carbons (Fsp3) is 0.333. The Morgan fingerprint density at radius 2 is 2.17 bits per heavy atom. The van der Waals surface area contributed by atoms with Crippen LogP contribution >= 0.6 is 0 Å². The van der Waals surface area contributed by atoms with Gasteiger partial charge in [-0.2, -0.15) is 0 Å². The summed E-state index contributed by atoms with van der Waals surface area (Å²) >= 11 is 0. The van der Waals surface area contributed by atoms with Gasteiger partial charge in [-0.3, -0.25) is 9.79 Å². The van der Waals surface area contributed by atoms with Crippen LogP contribution in [-0.4, -0.2) is 22.6 Å². The van der Waals surface area contributed by atoms with Crippen LogP contribution in [0.1, 0.15) is 34.5 Å². The molecule has 0 fully saturated rings. The van der Waals surface area contributed by atoms with E-state index in [4.69, 9.17) is 0 Å². The Bertz CT molecular complexity index is 722. The molecule has 1 aliphatic heterocycles. The molecule has 0 saturated heterocycles. The minimum absolute atomic E-state index is 0.149. The number of benzene rings is 1. The molecule has 90 valence electrons. The van der Waals surface area contributed by atoms with Crippen molar-refractivity contribution in [2.24, 2.45) is 12.0 Å². The predicted molar refractivity (Wildman–Crippen MR) is 71.6 cm³/mol. The Kier molecular flexibility index (Phi) is 1.85. The molecule has 1 aromatic carbocycles. The van der Waals surface area contributed by atoms with Crippen LogP contribution in [0.2, 0.25) is 0 Å². The lowest BCUT2D eigenvalue weighted by atomic mass is 9.92. The second-order valence-corrected chi connectivity index (χ2v) is 5.12. The third kappa shape index (κ3) is 1.09.